The van der Waals surface area contributed by atoms with Crippen molar-refractivity contribution in [3.05, 3.63) is 0 Å². The fourth-order valence-electron chi connectivity index (χ4n) is 4.46. The molecule has 0 aliphatic heterocycles. The molecule has 2 N–H and O–H groups in total. The van der Waals surface area contributed by atoms with Gasteiger partial charge in [-0.3, -0.25) is 4.57 Å². The summed E-state index contributed by atoms with van der Waals surface area (Å²) < 4.78 is 82.6. The smallest absolute Gasteiger partial charge is 0.324 e. The third-order valence-corrected chi connectivity index (χ3v) is 7.31. The molecule has 2 fully saturated rings. The highest BCUT2D eigenvalue weighted by Gasteiger charge is 2.75. The van der Waals surface area contributed by atoms with E-state index < -0.39 is 43.1 Å². The Morgan fingerprint density at radius 2 is 1.13 bits per heavy atom. The molecule has 0 radical (unpaired) electrons. The molecule has 0 bridgehead atoms. The molecule has 2 saturated carbocycles. The number of halogens is 5. The Morgan fingerprint density at radius 1 is 0.783 bits per heavy atom. The Morgan fingerprint density at radius 3 is 1.39 bits per heavy atom. The van der Waals surface area contributed by atoms with Gasteiger partial charge in [0.25, 0.3) is 0 Å². The molecule has 3 nitrogen and oxygen atoms in total. The molecule has 2 aliphatic carbocycles. The lowest BCUT2D eigenvalue weighted by Crippen LogP contribution is -2.61. The minimum Gasteiger partial charge on any atom is -0.324 e. The second-order valence-corrected chi connectivity index (χ2v) is 8.51. The standard InChI is InChI=1S/C14H22F5O3P/c15-11-7-3-1-5-9(11)13(14(17,18)19,23(20,21)22)10-6-2-4-8-12(10)16/h9-12H,1-8H2,(H2,20,21,22). The first-order valence-corrected chi connectivity index (χ1v) is 9.55. The van der Waals surface area contributed by atoms with Gasteiger partial charge in [0.05, 0.1) is 0 Å². The maximum absolute atomic E-state index is 14.3. The minimum atomic E-state index is -5.85. The van der Waals surface area contributed by atoms with E-state index in [-0.39, 0.29) is 38.5 Å². The first kappa shape index (κ1) is 19.1. The van der Waals surface area contributed by atoms with Crippen molar-refractivity contribution in [1.82, 2.24) is 0 Å². The van der Waals surface area contributed by atoms with Gasteiger partial charge in [-0.15, -0.1) is 0 Å². The van der Waals surface area contributed by atoms with Gasteiger partial charge in [-0.2, -0.15) is 13.2 Å². The fraction of sp³-hybridized carbons (Fsp3) is 1.00. The summed E-state index contributed by atoms with van der Waals surface area (Å²) in [6.07, 6.45) is -8.99. The average molecular weight is 364 g/mol. The van der Waals surface area contributed by atoms with Crippen LogP contribution in [0.15, 0.2) is 0 Å². The lowest BCUT2D eigenvalue weighted by atomic mass is 9.67. The third-order valence-electron chi connectivity index (χ3n) is 5.43. The molecule has 136 valence electrons. The highest BCUT2D eigenvalue weighted by molar-refractivity contribution is 7.53. The number of rotatable bonds is 3. The molecule has 4 atom stereocenters. The van der Waals surface area contributed by atoms with E-state index in [1.54, 1.807) is 0 Å². The molecule has 2 rings (SSSR count). The van der Waals surface area contributed by atoms with Crippen LogP contribution in [0.25, 0.3) is 0 Å². The Balaban J connectivity index is 2.62. The molecule has 0 spiro atoms. The number of hydrogen-bond acceptors (Lipinski definition) is 1. The van der Waals surface area contributed by atoms with Crippen LogP contribution in [0, 0.1) is 11.8 Å². The summed E-state index contributed by atoms with van der Waals surface area (Å²) in [6, 6.07) is 0. The Hall–Kier alpha value is -0.200. The van der Waals surface area contributed by atoms with E-state index in [1.165, 1.54) is 0 Å². The molecular formula is C14H22F5O3P. The van der Waals surface area contributed by atoms with Crippen molar-refractivity contribution in [2.45, 2.75) is 75.0 Å². The monoisotopic (exact) mass is 364 g/mol. The molecule has 0 aromatic heterocycles. The third kappa shape index (κ3) is 3.19. The van der Waals surface area contributed by atoms with Crippen LogP contribution in [0.1, 0.15) is 51.4 Å². The summed E-state index contributed by atoms with van der Waals surface area (Å²) >= 11 is 0. The van der Waals surface area contributed by atoms with E-state index >= 15 is 0 Å². The van der Waals surface area contributed by atoms with Crippen LogP contribution in [-0.2, 0) is 4.57 Å². The largest absolute Gasteiger partial charge is 0.406 e. The van der Waals surface area contributed by atoms with Gasteiger partial charge >= 0.3 is 13.8 Å². The van der Waals surface area contributed by atoms with Crippen LogP contribution < -0.4 is 0 Å². The molecule has 0 heterocycles. The normalized spacial score (nSPS) is 36.5. The zero-order valence-corrected chi connectivity index (χ0v) is 13.5. The summed E-state index contributed by atoms with van der Waals surface area (Å²) in [6.45, 7) is 0. The second kappa shape index (κ2) is 6.60. The quantitative estimate of drug-likeness (QED) is 0.572. The predicted molar refractivity (Wildman–Crippen MR) is 74.5 cm³/mol. The lowest BCUT2D eigenvalue weighted by Gasteiger charge is -2.50. The van der Waals surface area contributed by atoms with Crippen molar-refractivity contribution in [3.63, 3.8) is 0 Å². The van der Waals surface area contributed by atoms with Crippen LogP contribution in [0.4, 0.5) is 22.0 Å². The zero-order chi connectivity index (χ0) is 17.5. The van der Waals surface area contributed by atoms with Gasteiger partial charge in [0.2, 0.25) is 0 Å². The molecule has 0 saturated heterocycles. The molecule has 4 unspecified atom stereocenters. The highest BCUT2D eigenvalue weighted by Crippen LogP contribution is 2.70. The van der Waals surface area contributed by atoms with Crippen molar-refractivity contribution in [3.8, 4) is 0 Å². The lowest BCUT2D eigenvalue weighted by molar-refractivity contribution is -0.212. The molecule has 2 aliphatic rings. The van der Waals surface area contributed by atoms with E-state index in [2.05, 4.69) is 0 Å². The van der Waals surface area contributed by atoms with Crippen LogP contribution >= 0.6 is 7.60 Å². The molecule has 0 amide bonds. The Labute approximate surface area is 131 Å². The van der Waals surface area contributed by atoms with Crippen molar-refractivity contribution >= 4 is 7.60 Å². The number of hydrogen-bond donors (Lipinski definition) is 2. The van der Waals surface area contributed by atoms with Crippen molar-refractivity contribution in [1.29, 1.82) is 0 Å². The minimum absolute atomic E-state index is 0.174. The van der Waals surface area contributed by atoms with Crippen LogP contribution in [0.2, 0.25) is 0 Å². The van der Waals surface area contributed by atoms with E-state index in [9.17, 15) is 36.3 Å². The summed E-state index contributed by atoms with van der Waals surface area (Å²) in [5.41, 5.74) is 0. The van der Waals surface area contributed by atoms with Crippen molar-refractivity contribution in [2.75, 3.05) is 0 Å². The topological polar surface area (TPSA) is 57.5 Å². The van der Waals surface area contributed by atoms with E-state index in [4.69, 9.17) is 0 Å². The first-order valence-electron chi connectivity index (χ1n) is 7.94. The van der Waals surface area contributed by atoms with Gasteiger partial charge in [-0.05, 0) is 25.7 Å². The van der Waals surface area contributed by atoms with E-state index in [1.807, 2.05) is 0 Å². The Kier molecular flexibility index (Phi) is 5.49. The van der Waals surface area contributed by atoms with E-state index in [0.29, 0.717) is 12.8 Å². The fourth-order valence-corrected chi connectivity index (χ4v) is 6.23. The zero-order valence-electron chi connectivity index (χ0n) is 12.6. The molecular weight excluding hydrogens is 342 g/mol. The van der Waals surface area contributed by atoms with Gasteiger partial charge in [0.15, 0.2) is 5.16 Å². The van der Waals surface area contributed by atoms with E-state index in [0.717, 1.165) is 0 Å². The van der Waals surface area contributed by atoms with Gasteiger partial charge in [0.1, 0.15) is 12.3 Å². The van der Waals surface area contributed by atoms with Crippen molar-refractivity contribution < 1.29 is 36.3 Å². The molecule has 9 heteroatoms. The van der Waals surface area contributed by atoms with Gasteiger partial charge in [-0.25, -0.2) is 8.78 Å². The van der Waals surface area contributed by atoms with Crippen LogP contribution in [-0.4, -0.2) is 33.5 Å². The van der Waals surface area contributed by atoms with Crippen molar-refractivity contribution in [2.24, 2.45) is 11.8 Å². The summed E-state index contributed by atoms with van der Waals surface area (Å²) in [5.74, 6) is -3.78. The number of alkyl halides is 5. The van der Waals surface area contributed by atoms with Crippen LogP contribution in [0.3, 0.4) is 0 Å². The second-order valence-electron chi connectivity index (χ2n) is 6.68. The maximum atomic E-state index is 14.3. The van der Waals surface area contributed by atoms with Gasteiger partial charge < -0.3 is 9.79 Å². The SMILES string of the molecule is O=P(O)(O)C(C1CCCCC1F)(C1CCCCC1F)C(F)(F)F. The molecule has 0 aromatic carbocycles. The van der Waals surface area contributed by atoms with Crippen LogP contribution in [0.5, 0.6) is 0 Å². The summed E-state index contributed by atoms with van der Waals surface area (Å²) in [4.78, 5) is 19.3. The highest BCUT2D eigenvalue weighted by atomic mass is 31.2. The molecule has 23 heavy (non-hydrogen) atoms. The predicted octanol–water partition coefficient (Wildman–Crippen LogP) is 4.52. The first-order chi connectivity index (χ1) is 10.5. The summed E-state index contributed by atoms with van der Waals surface area (Å²) in [7, 11) is -5.85. The average Bonchev–Trinajstić information content (AvgIpc) is 2.40. The van der Waals surface area contributed by atoms with Gasteiger partial charge in [-0.1, -0.05) is 25.7 Å². The molecule has 0 aromatic rings. The maximum Gasteiger partial charge on any atom is 0.406 e. The van der Waals surface area contributed by atoms with Gasteiger partial charge in [0, 0.05) is 11.8 Å². The Bertz CT molecular complexity index is 442. The summed E-state index contributed by atoms with van der Waals surface area (Å²) in [5, 5.41) is -3.63.